The average Bonchev–Trinajstić information content (AvgIpc) is 2.45. The van der Waals surface area contributed by atoms with Crippen molar-refractivity contribution in [1.29, 1.82) is 0 Å². The van der Waals surface area contributed by atoms with Crippen molar-refractivity contribution in [2.45, 2.75) is 30.4 Å². The molecular formula is C17H15F4NOS. The van der Waals surface area contributed by atoms with Crippen LogP contribution in [0.4, 0.5) is 23.2 Å². The molecule has 0 fully saturated rings. The first kappa shape index (κ1) is 18.3. The van der Waals surface area contributed by atoms with Gasteiger partial charge in [0.2, 0.25) is 0 Å². The van der Waals surface area contributed by atoms with Crippen LogP contribution in [0.2, 0.25) is 0 Å². The van der Waals surface area contributed by atoms with Crippen LogP contribution in [0.3, 0.4) is 0 Å². The van der Waals surface area contributed by atoms with Crippen molar-refractivity contribution in [3.05, 3.63) is 59.2 Å². The molecule has 1 N–H and O–H groups in total. The molecule has 1 amide bonds. The van der Waals surface area contributed by atoms with Gasteiger partial charge in [-0.3, -0.25) is 4.79 Å². The Hall–Kier alpha value is -2.02. The van der Waals surface area contributed by atoms with E-state index in [0.29, 0.717) is 12.1 Å². The minimum Gasteiger partial charge on any atom is -0.322 e. The van der Waals surface area contributed by atoms with Gasteiger partial charge in [0.15, 0.2) is 17.5 Å². The van der Waals surface area contributed by atoms with Crippen molar-refractivity contribution >= 4 is 23.4 Å². The van der Waals surface area contributed by atoms with Crippen molar-refractivity contribution in [1.82, 2.24) is 0 Å². The third-order valence-electron chi connectivity index (χ3n) is 2.85. The fraction of sp³-hybridized carbons (Fsp3) is 0.235. The fourth-order valence-electron chi connectivity index (χ4n) is 1.88. The summed E-state index contributed by atoms with van der Waals surface area (Å²) in [4.78, 5) is 12.5. The predicted octanol–water partition coefficient (Wildman–Crippen LogP) is 5.39. The molecule has 0 saturated carbocycles. The van der Waals surface area contributed by atoms with Crippen LogP contribution >= 0.6 is 11.8 Å². The molecule has 2 aromatic carbocycles. The number of halogens is 4. The third kappa shape index (κ3) is 4.50. The summed E-state index contributed by atoms with van der Waals surface area (Å²) in [5.74, 6) is -5.58. The normalized spacial score (nSPS) is 11.5. The molecule has 0 atom stereocenters. The minimum absolute atomic E-state index is 0.119. The largest absolute Gasteiger partial charge is 0.322 e. The lowest BCUT2D eigenvalue weighted by Crippen LogP contribution is -2.14. The molecule has 0 aliphatic heterocycles. The lowest BCUT2D eigenvalue weighted by molar-refractivity contribution is 0.102. The Morgan fingerprint density at radius 1 is 0.958 bits per heavy atom. The number of benzene rings is 2. The molecule has 0 aliphatic carbocycles. The second kappa shape index (κ2) is 6.84. The number of nitrogens with one attached hydrogen (secondary N) is 1. The maximum atomic E-state index is 13.8. The van der Waals surface area contributed by atoms with E-state index in [4.69, 9.17) is 0 Å². The van der Waals surface area contributed by atoms with Crippen LogP contribution in [0.25, 0.3) is 0 Å². The van der Waals surface area contributed by atoms with Crippen LogP contribution in [0.15, 0.2) is 35.2 Å². The zero-order chi connectivity index (χ0) is 18.1. The van der Waals surface area contributed by atoms with Crippen molar-refractivity contribution in [3.63, 3.8) is 0 Å². The molecule has 0 aliphatic rings. The second-order valence-corrected chi connectivity index (χ2v) is 7.94. The van der Waals surface area contributed by atoms with Gasteiger partial charge in [0.1, 0.15) is 5.82 Å². The van der Waals surface area contributed by atoms with Crippen molar-refractivity contribution < 1.29 is 22.4 Å². The van der Waals surface area contributed by atoms with Gasteiger partial charge in [0.25, 0.3) is 5.91 Å². The van der Waals surface area contributed by atoms with Gasteiger partial charge in [-0.15, -0.1) is 11.8 Å². The summed E-state index contributed by atoms with van der Waals surface area (Å²) < 4.78 is 52.9. The summed E-state index contributed by atoms with van der Waals surface area (Å²) in [5, 5.41) is 2.26. The van der Waals surface area contributed by atoms with Crippen LogP contribution in [-0.4, -0.2) is 10.7 Å². The molecule has 0 aromatic heterocycles. The molecule has 24 heavy (non-hydrogen) atoms. The summed E-state index contributed by atoms with van der Waals surface area (Å²) in [6.07, 6.45) is 0. The maximum absolute atomic E-state index is 13.8. The van der Waals surface area contributed by atoms with Gasteiger partial charge in [-0.1, -0.05) is 20.8 Å². The number of hydrogen-bond donors (Lipinski definition) is 1. The van der Waals surface area contributed by atoms with Gasteiger partial charge in [-0.05, 0) is 18.2 Å². The lowest BCUT2D eigenvalue weighted by Gasteiger charge is -2.18. The van der Waals surface area contributed by atoms with Gasteiger partial charge in [-0.25, -0.2) is 17.6 Å². The summed E-state index contributed by atoms with van der Waals surface area (Å²) in [6.45, 7) is 5.69. The fourth-order valence-corrected chi connectivity index (χ4v) is 2.89. The monoisotopic (exact) mass is 357 g/mol. The number of carbonyl (C=O) groups excluding carboxylic acids is 1. The Morgan fingerprint density at radius 2 is 1.54 bits per heavy atom. The quantitative estimate of drug-likeness (QED) is 0.454. The first-order chi connectivity index (χ1) is 11.1. The second-order valence-electron chi connectivity index (χ2n) is 6.07. The molecule has 128 valence electrons. The van der Waals surface area contributed by atoms with E-state index in [1.807, 2.05) is 20.8 Å². The summed E-state index contributed by atoms with van der Waals surface area (Å²) in [5.41, 5.74) is -0.112. The molecule has 7 heteroatoms. The molecule has 2 nitrogen and oxygen atoms in total. The number of rotatable bonds is 3. The number of thioether (sulfide) groups is 1. The van der Waals surface area contributed by atoms with Crippen LogP contribution in [0.5, 0.6) is 0 Å². The summed E-state index contributed by atoms with van der Waals surface area (Å²) in [6, 6.07) is 5.11. The Balaban J connectivity index is 2.26. The van der Waals surface area contributed by atoms with Gasteiger partial charge in [-0.2, -0.15) is 0 Å². The highest BCUT2D eigenvalue weighted by molar-refractivity contribution is 8.00. The smallest absolute Gasteiger partial charge is 0.255 e. The molecule has 0 unspecified atom stereocenters. The van der Waals surface area contributed by atoms with Crippen molar-refractivity contribution in [2.75, 3.05) is 5.32 Å². The average molecular weight is 357 g/mol. The maximum Gasteiger partial charge on any atom is 0.255 e. The minimum atomic E-state index is -1.61. The molecule has 0 spiro atoms. The Kier molecular flexibility index (Phi) is 5.22. The molecule has 2 rings (SSSR count). The van der Waals surface area contributed by atoms with E-state index < -0.39 is 29.2 Å². The van der Waals surface area contributed by atoms with E-state index in [1.165, 1.54) is 23.9 Å². The number of anilines is 1. The summed E-state index contributed by atoms with van der Waals surface area (Å²) >= 11 is 1.25. The summed E-state index contributed by atoms with van der Waals surface area (Å²) in [7, 11) is 0. The van der Waals surface area contributed by atoms with Crippen molar-refractivity contribution in [3.8, 4) is 0 Å². The van der Waals surface area contributed by atoms with Crippen LogP contribution in [0, 0.1) is 23.3 Å². The third-order valence-corrected chi connectivity index (χ3v) is 4.00. The molecular weight excluding hydrogens is 342 g/mol. The van der Waals surface area contributed by atoms with E-state index in [2.05, 4.69) is 5.32 Å². The molecule has 0 bridgehead atoms. The van der Waals surface area contributed by atoms with Crippen LogP contribution in [-0.2, 0) is 0 Å². The number of carbonyl (C=O) groups is 1. The number of amides is 1. The topological polar surface area (TPSA) is 29.1 Å². The first-order valence-electron chi connectivity index (χ1n) is 7.01. The van der Waals surface area contributed by atoms with E-state index in [0.717, 1.165) is 6.07 Å². The Bertz CT molecular complexity index is 764. The van der Waals surface area contributed by atoms with Crippen LogP contribution in [0.1, 0.15) is 31.1 Å². The Morgan fingerprint density at radius 3 is 2.08 bits per heavy atom. The highest BCUT2D eigenvalue weighted by Crippen LogP contribution is 2.34. The van der Waals surface area contributed by atoms with Gasteiger partial charge >= 0.3 is 0 Å². The molecule has 0 radical (unpaired) electrons. The SMILES string of the molecule is CC(C)(C)Sc1cc(C(=O)Nc2cc(F)c(F)c(F)c2)ccc1F. The zero-order valence-electron chi connectivity index (χ0n) is 13.2. The highest BCUT2D eigenvalue weighted by Gasteiger charge is 2.18. The molecule has 0 heterocycles. The Labute approximate surface area is 141 Å². The van der Waals surface area contributed by atoms with E-state index in [-0.39, 0.29) is 20.9 Å². The zero-order valence-corrected chi connectivity index (χ0v) is 14.0. The van der Waals surface area contributed by atoms with Gasteiger partial charge < -0.3 is 5.32 Å². The predicted molar refractivity (Wildman–Crippen MR) is 86.3 cm³/mol. The molecule has 0 saturated heterocycles. The van der Waals surface area contributed by atoms with Crippen molar-refractivity contribution in [2.24, 2.45) is 0 Å². The van der Waals surface area contributed by atoms with Gasteiger partial charge in [0.05, 0.1) is 0 Å². The first-order valence-corrected chi connectivity index (χ1v) is 7.83. The standard InChI is InChI=1S/C17H15F4NOS/c1-17(2,3)24-14-6-9(4-5-11(14)18)16(23)22-10-7-12(19)15(21)13(20)8-10/h4-8H,1-3H3,(H,22,23). The molecule has 2 aromatic rings. The van der Waals surface area contributed by atoms with E-state index in [9.17, 15) is 22.4 Å². The number of hydrogen-bond acceptors (Lipinski definition) is 2. The van der Waals surface area contributed by atoms with Gasteiger partial charge in [0, 0.05) is 33.0 Å². The van der Waals surface area contributed by atoms with E-state index in [1.54, 1.807) is 0 Å². The lowest BCUT2D eigenvalue weighted by atomic mass is 10.2. The highest BCUT2D eigenvalue weighted by atomic mass is 32.2. The van der Waals surface area contributed by atoms with Crippen LogP contribution < -0.4 is 5.32 Å². The van der Waals surface area contributed by atoms with E-state index >= 15 is 0 Å².